The van der Waals surface area contributed by atoms with Crippen LogP contribution in [-0.4, -0.2) is 22.3 Å². The number of hydrogen-bond donors (Lipinski definition) is 0. The zero-order valence-corrected chi connectivity index (χ0v) is 16.1. The standard InChI is InChI=1S/C21H19NO5S/c1-22(28(23,24)19-5-3-2-4-6-19)17-8-10-18(11-9-17)25-14-16-7-12-20-21(13-16)27-15-26-20/h2-13H,14-15H2,1H3. The third-order valence-corrected chi connectivity index (χ3v) is 6.24. The number of nitrogens with zero attached hydrogens (tertiary/aromatic N) is 1. The Labute approximate surface area is 163 Å². The Bertz CT molecular complexity index is 1070. The first-order valence-corrected chi connectivity index (χ1v) is 10.1. The van der Waals surface area contributed by atoms with Crippen LogP contribution in [0.15, 0.2) is 77.7 Å². The highest BCUT2D eigenvalue weighted by molar-refractivity contribution is 7.92. The number of sulfonamides is 1. The van der Waals surface area contributed by atoms with Crippen molar-refractivity contribution >= 4 is 15.7 Å². The van der Waals surface area contributed by atoms with Crippen molar-refractivity contribution in [3.05, 3.63) is 78.4 Å². The molecule has 0 saturated heterocycles. The van der Waals surface area contributed by atoms with E-state index in [1.54, 1.807) is 54.6 Å². The Morgan fingerprint density at radius 2 is 1.64 bits per heavy atom. The number of ether oxygens (including phenoxy) is 3. The van der Waals surface area contributed by atoms with Crippen molar-refractivity contribution in [1.29, 1.82) is 0 Å². The van der Waals surface area contributed by atoms with E-state index in [9.17, 15) is 8.42 Å². The van der Waals surface area contributed by atoms with Crippen LogP contribution in [0.25, 0.3) is 0 Å². The lowest BCUT2D eigenvalue weighted by Crippen LogP contribution is -2.26. The molecule has 0 N–H and O–H groups in total. The fourth-order valence-corrected chi connectivity index (χ4v) is 4.06. The van der Waals surface area contributed by atoms with Crippen molar-refractivity contribution in [3.8, 4) is 17.2 Å². The molecule has 0 unspecified atom stereocenters. The average Bonchev–Trinajstić information content (AvgIpc) is 3.20. The van der Waals surface area contributed by atoms with Crippen molar-refractivity contribution in [2.45, 2.75) is 11.5 Å². The molecular weight excluding hydrogens is 378 g/mol. The van der Waals surface area contributed by atoms with Crippen LogP contribution in [0.3, 0.4) is 0 Å². The molecule has 0 bridgehead atoms. The summed E-state index contributed by atoms with van der Waals surface area (Å²) in [5.74, 6) is 2.09. The van der Waals surface area contributed by atoms with Crippen molar-refractivity contribution in [2.75, 3.05) is 18.1 Å². The highest BCUT2D eigenvalue weighted by Gasteiger charge is 2.20. The number of benzene rings is 3. The first kappa shape index (κ1) is 18.2. The Kier molecular flexibility index (Phi) is 4.83. The van der Waals surface area contributed by atoms with Gasteiger partial charge in [-0.2, -0.15) is 0 Å². The number of anilines is 1. The van der Waals surface area contributed by atoms with Gasteiger partial charge in [-0.05, 0) is 54.1 Å². The highest BCUT2D eigenvalue weighted by atomic mass is 32.2. The second kappa shape index (κ2) is 7.44. The summed E-state index contributed by atoms with van der Waals surface area (Å²) in [6, 6.07) is 20.9. The number of rotatable bonds is 6. The molecule has 0 aromatic heterocycles. The molecule has 1 aliphatic rings. The minimum Gasteiger partial charge on any atom is -0.489 e. The SMILES string of the molecule is CN(c1ccc(OCc2ccc3c(c2)OCO3)cc1)S(=O)(=O)c1ccccc1. The van der Waals surface area contributed by atoms with E-state index in [1.807, 2.05) is 18.2 Å². The lowest BCUT2D eigenvalue weighted by molar-refractivity contribution is 0.174. The van der Waals surface area contributed by atoms with Gasteiger partial charge in [-0.3, -0.25) is 4.31 Å². The molecule has 0 fully saturated rings. The predicted octanol–water partition coefficient (Wildman–Crippen LogP) is 3.82. The molecule has 6 nitrogen and oxygen atoms in total. The molecule has 0 atom stereocenters. The molecule has 0 amide bonds. The first-order valence-electron chi connectivity index (χ1n) is 8.69. The molecule has 1 heterocycles. The third-order valence-electron chi connectivity index (χ3n) is 4.44. The summed E-state index contributed by atoms with van der Waals surface area (Å²) >= 11 is 0. The predicted molar refractivity (Wildman–Crippen MR) is 105 cm³/mol. The summed E-state index contributed by atoms with van der Waals surface area (Å²) in [5, 5.41) is 0. The molecule has 3 aromatic carbocycles. The molecule has 3 aromatic rings. The maximum atomic E-state index is 12.7. The molecule has 0 spiro atoms. The first-order chi connectivity index (χ1) is 13.5. The van der Waals surface area contributed by atoms with Crippen molar-refractivity contribution in [3.63, 3.8) is 0 Å². The van der Waals surface area contributed by atoms with Crippen LogP contribution in [-0.2, 0) is 16.6 Å². The molecule has 4 rings (SSSR count). The van der Waals surface area contributed by atoms with Crippen molar-refractivity contribution in [1.82, 2.24) is 0 Å². The lowest BCUT2D eigenvalue weighted by atomic mass is 10.2. The van der Waals surface area contributed by atoms with Gasteiger partial charge in [-0.15, -0.1) is 0 Å². The fourth-order valence-electron chi connectivity index (χ4n) is 2.84. The highest BCUT2D eigenvalue weighted by Crippen LogP contribution is 2.33. The van der Waals surface area contributed by atoms with Gasteiger partial charge in [0.05, 0.1) is 10.6 Å². The van der Waals surface area contributed by atoms with Gasteiger partial charge >= 0.3 is 0 Å². The van der Waals surface area contributed by atoms with Gasteiger partial charge in [0.25, 0.3) is 10.0 Å². The van der Waals surface area contributed by atoms with E-state index < -0.39 is 10.0 Å². The Morgan fingerprint density at radius 3 is 2.39 bits per heavy atom. The second-order valence-electron chi connectivity index (χ2n) is 6.26. The van der Waals surface area contributed by atoms with Gasteiger partial charge in [0.15, 0.2) is 11.5 Å². The fraction of sp³-hybridized carbons (Fsp3) is 0.143. The van der Waals surface area contributed by atoms with Crippen LogP contribution < -0.4 is 18.5 Å². The molecule has 0 radical (unpaired) electrons. The summed E-state index contributed by atoms with van der Waals surface area (Å²) in [6.07, 6.45) is 0. The molecule has 1 aliphatic heterocycles. The molecule has 0 aliphatic carbocycles. The zero-order valence-electron chi connectivity index (χ0n) is 15.2. The van der Waals surface area contributed by atoms with Crippen LogP contribution in [0.5, 0.6) is 17.2 Å². The normalized spacial score (nSPS) is 12.6. The molecular formula is C21H19NO5S. The summed E-state index contributed by atoms with van der Waals surface area (Å²) in [5.41, 5.74) is 1.51. The zero-order chi connectivity index (χ0) is 19.6. The second-order valence-corrected chi connectivity index (χ2v) is 8.23. The minimum atomic E-state index is -3.60. The van der Waals surface area contributed by atoms with Crippen LogP contribution in [0.2, 0.25) is 0 Å². The van der Waals surface area contributed by atoms with Crippen LogP contribution in [0.1, 0.15) is 5.56 Å². The Balaban J connectivity index is 1.44. The monoisotopic (exact) mass is 397 g/mol. The topological polar surface area (TPSA) is 65.1 Å². The van der Waals surface area contributed by atoms with Crippen LogP contribution >= 0.6 is 0 Å². The summed E-state index contributed by atoms with van der Waals surface area (Å²) in [6.45, 7) is 0.606. The van der Waals surface area contributed by atoms with Gasteiger partial charge in [0, 0.05) is 7.05 Å². The van der Waals surface area contributed by atoms with Crippen LogP contribution in [0, 0.1) is 0 Å². The van der Waals surface area contributed by atoms with E-state index in [1.165, 1.54) is 11.4 Å². The van der Waals surface area contributed by atoms with Crippen molar-refractivity contribution in [2.24, 2.45) is 0 Å². The lowest BCUT2D eigenvalue weighted by Gasteiger charge is -2.19. The average molecular weight is 397 g/mol. The smallest absolute Gasteiger partial charge is 0.264 e. The minimum absolute atomic E-state index is 0.237. The molecule has 7 heteroatoms. The molecule has 28 heavy (non-hydrogen) atoms. The van der Waals surface area contributed by atoms with E-state index in [0.717, 1.165) is 11.3 Å². The van der Waals surface area contributed by atoms with Gasteiger partial charge in [-0.1, -0.05) is 24.3 Å². The van der Waals surface area contributed by atoms with E-state index in [4.69, 9.17) is 14.2 Å². The van der Waals surface area contributed by atoms with Gasteiger partial charge in [0.1, 0.15) is 12.4 Å². The Hall–Kier alpha value is -3.19. The van der Waals surface area contributed by atoms with Gasteiger partial charge < -0.3 is 14.2 Å². The van der Waals surface area contributed by atoms with Crippen molar-refractivity contribution < 1.29 is 22.6 Å². The maximum Gasteiger partial charge on any atom is 0.264 e. The molecule has 144 valence electrons. The van der Waals surface area contributed by atoms with Gasteiger partial charge in [-0.25, -0.2) is 8.42 Å². The van der Waals surface area contributed by atoms with Crippen LogP contribution in [0.4, 0.5) is 5.69 Å². The Morgan fingerprint density at radius 1 is 0.929 bits per heavy atom. The quantitative estimate of drug-likeness (QED) is 0.633. The van der Waals surface area contributed by atoms with E-state index in [-0.39, 0.29) is 11.7 Å². The summed E-state index contributed by atoms with van der Waals surface area (Å²) in [7, 11) is -2.07. The number of hydrogen-bond acceptors (Lipinski definition) is 5. The van der Waals surface area contributed by atoms with E-state index in [2.05, 4.69) is 0 Å². The van der Waals surface area contributed by atoms with E-state index >= 15 is 0 Å². The summed E-state index contributed by atoms with van der Waals surface area (Å²) < 4.78 is 43.1. The molecule has 0 saturated carbocycles. The van der Waals surface area contributed by atoms with E-state index in [0.29, 0.717) is 23.8 Å². The largest absolute Gasteiger partial charge is 0.489 e. The summed E-state index contributed by atoms with van der Waals surface area (Å²) in [4.78, 5) is 0.251. The third kappa shape index (κ3) is 3.61. The number of fused-ring (bicyclic) bond motifs is 1. The maximum absolute atomic E-state index is 12.7. The van der Waals surface area contributed by atoms with Gasteiger partial charge in [0.2, 0.25) is 6.79 Å².